The second-order valence-corrected chi connectivity index (χ2v) is 6.97. The predicted molar refractivity (Wildman–Crippen MR) is 112 cm³/mol. The van der Waals surface area contributed by atoms with Crippen molar-refractivity contribution in [1.29, 1.82) is 0 Å². The third-order valence-corrected chi connectivity index (χ3v) is 4.58. The fourth-order valence-electron chi connectivity index (χ4n) is 2.45. The summed E-state index contributed by atoms with van der Waals surface area (Å²) in [5.41, 5.74) is 0. The molecule has 1 fully saturated rings. The zero-order chi connectivity index (χ0) is 16.3. The molecule has 0 atom stereocenters. The Hall–Kier alpha value is -0.450. The number of hydrogen-bond donors (Lipinski definition) is 2. The van der Waals surface area contributed by atoms with E-state index in [1.165, 1.54) is 11.3 Å². The van der Waals surface area contributed by atoms with Gasteiger partial charge >= 0.3 is 0 Å². The standard InChI is InChI=1S/C16H29N5OS.HI/c1-3-17-16(20-13-15-19-12-14(2)23-15)18-6-4-5-7-21-8-10-22-11-9-21;/h12H,3-11,13H2,1-2H3,(H2,17,18,20);1H. The molecule has 0 unspecified atom stereocenters. The SMILES string of the molecule is CCNC(=NCc1ncc(C)s1)NCCCCN1CCOCC1.I. The first kappa shape index (κ1) is 21.6. The molecule has 8 heteroatoms. The molecule has 2 heterocycles. The summed E-state index contributed by atoms with van der Waals surface area (Å²) < 4.78 is 5.37. The Bertz CT molecular complexity index is 477. The van der Waals surface area contributed by atoms with Gasteiger partial charge in [0.1, 0.15) is 5.01 Å². The number of thiazole rings is 1. The molecule has 2 N–H and O–H groups in total. The van der Waals surface area contributed by atoms with E-state index in [1.54, 1.807) is 11.3 Å². The molecule has 1 aromatic heterocycles. The number of aryl methyl sites for hydroxylation is 1. The molecular formula is C16H30IN5OS. The van der Waals surface area contributed by atoms with Crippen LogP contribution in [0.4, 0.5) is 0 Å². The molecule has 1 saturated heterocycles. The van der Waals surface area contributed by atoms with Crippen molar-refractivity contribution < 1.29 is 4.74 Å². The van der Waals surface area contributed by atoms with E-state index < -0.39 is 0 Å². The Morgan fingerprint density at radius 1 is 1.33 bits per heavy atom. The molecule has 2 rings (SSSR count). The van der Waals surface area contributed by atoms with Crippen molar-refractivity contribution in [3.63, 3.8) is 0 Å². The molecule has 0 amide bonds. The first-order valence-corrected chi connectivity index (χ1v) is 9.33. The lowest BCUT2D eigenvalue weighted by Gasteiger charge is -2.26. The number of ether oxygens (including phenoxy) is 1. The smallest absolute Gasteiger partial charge is 0.191 e. The van der Waals surface area contributed by atoms with Gasteiger partial charge in [0.2, 0.25) is 0 Å². The number of nitrogens with zero attached hydrogens (tertiary/aromatic N) is 3. The molecule has 138 valence electrons. The molecule has 0 bridgehead atoms. The first-order chi connectivity index (χ1) is 11.3. The minimum absolute atomic E-state index is 0. The number of guanidine groups is 1. The summed E-state index contributed by atoms with van der Waals surface area (Å²) in [4.78, 5) is 12.7. The van der Waals surface area contributed by atoms with E-state index in [4.69, 9.17) is 4.74 Å². The average Bonchev–Trinajstić information content (AvgIpc) is 2.98. The number of morpholine rings is 1. The van der Waals surface area contributed by atoms with Gasteiger partial charge in [-0.2, -0.15) is 0 Å². The molecule has 1 aliphatic heterocycles. The zero-order valence-electron chi connectivity index (χ0n) is 14.7. The van der Waals surface area contributed by atoms with Crippen LogP contribution >= 0.6 is 35.3 Å². The number of aliphatic imine (C=N–C) groups is 1. The highest BCUT2D eigenvalue weighted by Gasteiger charge is 2.09. The third kappa shape index (κ3) is 8.59. The predicted octanol–water partition coefficient (Wildman–Crippen LogP) is 2.24. The summed E-state index contributed by atoms with van der Waals surface area (Å²) in [6.45, 7) is 11.7. The van der Waals surface area contributed by atoms with Crippen molar-refractivity contribution in [3.05, 3.63) is 16.1 Å². The topological polar surface area (TPSA) is 61.8 Å². The van der Waals surface area contributed by atoms with Crippen LogP contribution in [0.1, 0.15) is 29.7 Å². The number of hydrogen-bond acceptors (Lipinski definition) is 5. The van der Waals surface area contributed by atoms with Gasteiger partial charge in [0, 0.05) is 37.3 Å². The molecule has 1 aromatic rings. The second-order valence-electron chi connectivity index (χ2n) is 5.65. The fourth-order valence-corrected chi connectivity index (χ4v) is 3.17. The van der Waals surface area contributed by atoms with Gasteiger partial charge in [-0.3, -0.25) is 4.90 Å². The lowest BCUT2D eigenvalue weighted by atomic mass is 10.3. The summed E-state index contributed by atoms with van der Waals surface area (Å²) in [7, 11) is 0. The maximum Gasteiger partial charge on any atom is 0.191 e. The number of halogens is 1. The van der Waals surface area contributed by atoms with E-state index in [0.717, 1.165) is 63.3 Å². The number of rotatable bonds is 8. The fraction of sp³-hybridized carbons (Fsp3) is 0.750. The van der Waals surface area contributed by atoms with Crippen LogP contribution in [-0.4, -0.2) is 61.8 Å². The minimum atomic E-state index is 0. The summed E-state index contributed by atoms with van der Waals surface area (Å²) in [5.74, 6) is 0.881. The van der Waals surface area contributed by atoms with Crippen molar-refractivity contribution in [1.82, 2.24) is 20.5 Å². The normalized spacial score (nSPS) is 15.8. The molecule has 1 aliphatic rings. The Morgan fingerprint density at radius 3 is 2.79 bits per heavy atom. The van der Waals surface area contributed by atoms with Gasteiger partial charge < -0.3 is 15.4 Å². The van der Waals surface area contributed by atoms with Crippen LogP contribution in [0.2, 0.25) is 0 Å². The quantitative estimate of drug-likeness (QED) is 0.266. The van der Waals surface area contributed by atoms with Gasteiger partial charge in [-0.1, -0.05) is 0 Å². The van der Waals surface area contributed by atoms with Gasteiger partial charge in [-0.25, -0.2) is 9.98 Å². The Balaban J connectivity index is 0.00000288. The van der Waals surface area contributed by atoms with Crippen LogP contribution in [0.15, 0.2) is 11.2 Å². The van der Waals surface area contributed by atoms with E-state index in [-0.39, 0.29) is 24.0 Å². The second kappa shape index (κ2) is 12.8. The average molecular weight is 467 g/mol. The molecule has 0 radical (unpaired) electrons. The highest BCUT2D eigenvalue weighted by atomic mass is 127. The first-order valence-electron chi connectivity index (χ1n) is 8.51. The van der Waals surface area contributed by atoms with Crippen molar-refractivity contribution in [2.45, 2.75) is 33.2 Å². The Kier molecular flexibility index (Phi) is 11.6. The van der Waals surface area contributed by atoms with Crippen LogP contribution in [-0.2, 0) is 11.3 Å². The van der Waals surface area contributed by atoms with E-state index in [1.807, 2.05) is 6.20 Å². The Labute approximate surface area is 166 Å². The van der Waals surface area contributed by atoms with Gasteiger partial charge in [-0.15, -0.1) is 35.3 Å². The molecule has 24 heavy (non-hydrogen) atoms. The largest absolute Gasteiger partial charge is 0.379 e. The van der Waals surface area contributed by atoms with Gasteiger partial charge in [0.25, 0.3) is 0 Å². The van der Waals surface area contributed by atoms with E-state index >= 15 is 0 Å². The number of aromatic nitrogens is 1. The monoisotopic (exact) mass is 467 g/mol. The van der Waals surface area contributed by atoms with Crippen molar-refractivity contribution >= 4 is 41.3 Å². The van der Waals surface area contributed by atoms with Gasteiger partial charge in [0.15, 0.2) is 5.96 Å². The van der Waals surface area contributed by atoms with Gasteiger partial charge in [-0.05, 0) is 33.2 Å². The maximum atomic E-state index is 5.37. The van der Waals surface area contributed by atoms with E-state index in [9.17, 15) is 0 Å². The third-order valence-electron chi connectivity index (χ3n) is 3.68. The highest BCUT2D eigenvalue weighted by Crippen LogP contribution is 2.11. The number of unbranched alkanes of at least 4 members (excludes halogenated alkanes) is 1. The van der Waals surface area contributed by atoms with Crippen LogP contribution in [0.3, 0.4) is 0 Å². The van der Waals surface area contributed by atoms with Crippen LogP contribution in [0, 0.1) is 6.92 Å². The molecule has 6 nitrogen and oxygen atoms in total. The van der Waals surface area contributed by atoms with Crippen molar-refractivity contribution in [3.8, 4) is 0 Å². The summed E-state index contributed by atoms with van der Waals surface area (Å²) in [6, 6.07) is 0. The minimum Gasteiger partial charge on any atom is -0.379 e. The van der Waals surface area contributed by atoms with Crippen molar-refractivity contribution in [2.75, 3.05) is 45.9 Å². The summed E-state index contributed by atoms with van der Waals surface area (Å²) in [5, 5.41) is 7.76. The van der Waals surface area contributed by atoms with Crippen LogP contribution < -0.4 is 10.6 Å². The van der Waals surface area contributed by atoms with E-state index in [2.05, 4.69) is 39.4 Å². The molecular weight excluding hydrogens is 437 g/mol. The summed E-state index contributed by atoms with van der Waals surface area (Å²) in [6.07, 6.45) is 4.26. The van der Waals surface area contributed by atoms with Crippen LogP contribution in [0.25, 0.3) is 0 Å². The molecule has 0 spiro atoms. The van der Waals surface area contributed by atoms with Gasteiger partial charge in [0.05, 0.1) is 19.8 Å². The Morgan fingerprint density at radius 2 is 2.12 bits per heavy atom. The lowest BCUT2D eigenvalue weighted by Crippen LogP contribution is -2.39. The molecule has 0 aliphatic carbocycles. The van der Waals surface area contributed by atoms with Crippen LogP contribution in [0.5, 0.6) is 0 Å². The number of nitrogens with one attached hydrogen (secondary N) is 2. The van der Waals surface area contributed by atoms with Crippen molar-refractivity contribution in [2.24, 2.45) is 4.99 Å². The highest BCUT2D eigenvalue weighted by molar-refractivity contribution is 14.0. The molecule has 0 aromatic carbocycles. The van der Waals surface area contributed by atoms with E-state index in [0.29, 0.717) is 6.54 Å². The zero-order valence-corrected chi connectivity index (χ0v) is 17.9. The molecule has 0 saturated carbocycles. The summed E-state index contributed by atoms with van der Waals surface area (Å²) >= 11 is 1.71. The maximum absolute atomic E-state index is 5.37. The lowest BCUT2D eigenvalue weighted by molar-refractivity contribution is 0.0372.